The number of hydrogen-bond acceptors (Lipinski definition) is 7. The normalized spacial score (nSPS) is 14.0. The molecule has 11 heteroatoms. The topological polar surface area (TPSA) is 108 Å². The molecule has 1 aliphatic heterocycles. The van der Waals surface area contributed by atoms with E-state index in [0.29, 0.717) is 25.5 Å². The summed E-state index contributed by atoms with van der Waals surface area (Å²) in [4.78, 5) is 32.6. The van der Waals surface area contributed by atoms with Gasteiger partial charge in [0.2, 0.25) is 5.91 Å². The van der Waals surface area contributed by atoms with Crippen LogP contribution in [0.3, 0.4) is 0 Å². The van der Waals surface area contributed by atoms with Crippen molar-refractivity contribution in [1.82, 2.24) is 15.1 Å². The molecule has 0 aliphatic carbocycles. The highest BCUT2D eigenvalue weighted by molar-refractivity contribution is 7.91. The molecule has 2 aromatic rings. The highest BCUT2D eigenvalue weighted by Crippen LogP contribution is 2.21. The maximum absolute atomic E-state index is 12.5. The SMILES string of the molecule is CN(Cc1ccc(C2=NCCN2C(=O)OC(C)(C)C)cc1)C(=O)/C=C/CNCS(=O)(=O)c1ccccc1Cl. The number of carbonyl (C=O) groups is 2. The van der Waals surface area contributed by atoms with E-state index >= 15 is 0 Å². The van der Waals surface area contributed by atoms with Crippen LogP contribution in [0.4, 0.5) is 4.79 Å². The summed E-state index contributed by atoms with van der Waals surface area (Å²) in [6.07, 6.45) is 2.55. The molecule has 0 radical (unpaired) electrons. The van der Waals surface area contributed by atoms with Crippen molar-refractivity contribution >= 4 is 39.3 Å². The molecule has 0 bridgehead atoms. The Balaban J connectivity index is 1.49. The number of benzene rings is 2. The van der Waals surface area contributed by atoms with Crippen LogP contribution in [-0.4, -0.2) is 74.2 Å². The van der Waals surface area contributed by atoms with Crippen molar-refractivity contribution in [3.63, 3.8) is 0 Å². The van der Waals surface area contributed by atoms with Gasteiger partial charge in [-0.05, 0) is 38.5 Å². The van der Waals surface area contributed by atoms with E-state index in [0.717, 1.165) is 11.1 Å². The number of nitrogens with zero attached hydrogens (tertiary/aromatic N) is 3. The fraction of sp³-hybridized carbons (Fsp3) is 0.370. The number of sulfone groups is 1. The second-order valence-electron chi connectivity index (χ2n) is 9.77. The van der Waals surface area contributed by atoms with Gasteiger partial charge in [-0.2, -0.15) is 0 Å². The average Bonchev–Trinajstić information content (AvgIpc) is 3.33. The number of amides is 2. The number of hydrogen-bond donors (Lipinski definition) is 1. The van der Waals surface area contributed by atoms with Gasteiger partial charge in [0.25, 0.3) is 0 Å². The number of carbonyl (C=O) groups excluding carboxylic acids is 2. The Labute approximate surface area is 229 Å². The van der Waals surface area contributed by atoms with Crippen LogP contribution >= 0.6 is 11.6 Å². The summed E-state index contributed by atoms with van der Waals surface area (Å²) in [7, 11) is -1.90. The first-order chi connectivity index (χ1) is 17.9. The van der Waals surface area contributed by atoms with Gasteiger partial charge in [0.1, 0.15) is 17.3 Å². The van der Waals surface area contributed by atoms with E-state index in [1.165, 1.54) is 23.1 Å². The smallest absolute Gasteiger partial charge is 0.416 e. The van der Waals surface area contributed by atoms with E-state index in [-0.39, 0.29) is 28.2 Å². The third-order valence-electron chi connectivity index (χ3n) is 5.45. The van der Waals surface area contributed by atoms with E-state index in [2.05, 4.69) is 10.3 Å². The zero-order chi connectivity index (χ0) is 27.9. The molecule has 0 fully saturated rings. The van der Waals surface area contributed by atoms with Crippen molar-refractivity contribution in [2.45, 2.75) is 37.8 Å². The van der Waals surface area contributed by atoms with Crippen LogP contribution in [0.25, 0.3) is 0 Å². The fourth-order valence-corrected chi connectivity index (χ4v) is 5.32. The zero-order valence-corrected chi connectivity index (χ0v) is 23.6. The third-order valence-corrected chi connectivity index (χ3v) is 7.50. The van der Waals surface area contributed by atoms with Gasteiger partial charge in [0, 0.05) is 31.8 Å². The third kappa shape index (κ3) is 8.14. The first-order valence-electron chi connectivity index (χ1n) is 12.1. The summed E-state index contributed by atoms with van der Waals surface area (Å²) >= 11 is 5.98. The lowest BCUT2D eigenvalue weighted by Crippen LogP contribution is -2.39. The predicted octanol–water partition coefficient (Wildman–Crippen LogP) is 3.87. The van der Waals surface area contributed by atoms with Gasteiger partial charge in [-0.15, -0.1) is 0 Å². The summed E-state index contributed by atoms with van der Waals surface area (Å²) in [5, 5.41) is 2.97. The van der Waals surface area contributed by atoms with Crippen molar-refractivity contribution < 1.29 is 22.7 Å². The Morgan fingerprint density at radius 1 is 1.16 bits per heavy atom. The van der Waals surface area contributed by atoms with E-state index < -0.39 is 21.5 Å². The standard InChI is InChI=1S/C27H33ClN4O5S/c1-27(2,3)37-26(34)32-17-16-30-25(32)21-13-11-20(12-14-21)18-31(4)24(33)10-7-15-29-19-38(35,36)23-9-6-5-8-22(23)28/h5-14,29H,15-19H2,1-4H3/b10-7+. The van der Waals surface area contributed by atoms with Gasteiger partial charge >= 0.3 is 6.09 Å². The van der Waals surface area contributed by atoms with Crippen molar-refractivity contribution in [1.29, 1.82) is 0 Å². The summed E-state index contributed by atoms with van der Waals surface area (Å²) in [5.41, 5.74) is 1.11. The average molecular weight is 561 g/mol. The Kier molecular flexibility index (Phi) is 9.70. The van der Waals surface area contributed by atoms with Crippen molar-refractivity contribution in [2.75, 3.05) is 32.6 Å². The van der Waals surface area contributed by atoms with Gasteiger partial charge in [-0.3, -0.25) is 20.0 Å². The highest BCUT2D eigenvalue weighted by atomic mass is 35.5. The van der Waals surface area contributed by atoms with Gasteiger partial charge in [0.15, 0.2) is 9.84 Å². The monoisotopic (exact) mass is 560 g/mol. The van der Waals surface area contributed by atoms with Crippen LogP contribution in [0.2, 0.25) is 5.02 Å². The first kappa shape index (κ1) is 29.3. The highest BCUT2D eigenvalue weighted by Gasteiger charge is 2.29. The Morgan fingerprint density at radius 2 is 1.84 bits per heavy atom. The quantitative estimate of drug-likeness (QED) is 0.368. The van der Waals surface area contributed by atoms with E-state index in [9.17, 15) is 18.0 Å². The number of nitrogens with one attached hydrogen (secondary N) is 1. The minimum atomic E-state index is -3.58. The van der Waals surface area contributed by atoms with Crippen LogP contribution < -0.4 is 5.32 Å². The lowest BCUT2D eigenvalue weighted by molar-refractivity contribution is -0.125. The minimum absolute atomic E-state index is 0.0672. The molecule has 9 nitrogen and oxygen atoms in total. The number of aliphatic imine (C=N–C) groups is 1. The van der Waals surface area contributed by atoms with Gasteiger partial charge < -0.3 is 9.64 Å². The minimum Gasteiger partial charge on any atom is -0.443 e. The molecule has 2 amide bonds. The second-order valence-corrected chi connectivity index (χ2v) is 12.1. The number of ether oxygens (including phenoxy) is 1. The number of amidine groups is 1. The molecular formula is C27H33ClN4O5S. The van der Waals surface area contributed by atoms with E-state index in [1.807, 2.05) is 45.0 Å². The number of rotatable bonds is 9. The van der Waals surface area contributed by atoms with E-state index in [1.54, 1.807) is 30.2 Å². The molecule has 0 spiro atoms. The summed E-state index contributed by atoms with van der Waals surface area (Å²) in [6, 6.07) is 13.8. The molecule has 0 aromatic heterocycles. The lowest BCUT2D eigenvalue weighted by atomic mass is 10.1. The summed E-state index contributed by atoms with van der Waals surface area (Å²) in [5.74, 6) is 0.0528. The van der Waals surface area contributed by atoms with Crippen LogP contribution in [0.5, 0.6) is 0 Å². The van der Waals surface area contributed by atoms with Crippen molar-refractivity contribution in [3.05, 3.63) is 76.8 Å². The maximum atomic E-state index is 12.5. The van der Waals surface area contributed by atoms with Crippen LogP contribution in [0, 0.1) is 0 Å². The maximum Gasteiger partial charge on any atom is 0.416 e. The fourth-order valence-electron chi connectivity index (χ4n) is 3.64. The van der Waals surface area contributed by atoms with Crippen molar-refractivity contribution in [3.8, 4) is 0 Å². The zero-order valence-electron chi connectivity index (χ0n) is 22.0. The van der Waals surface area contributed by atoms with Gasteiger partial charge in [0.05, 0.1) is 23.0 Å². The lowest BCUT2D eigenvalue weighted by Gasteiger charge is -2.25. The molecule has 0 saturated heterocycles. The summed E-state index contributed by atoms with van der Waals surface area (Å²) < 4.78 is 30.3. The molecular weight excluding hydrogens is 528 g/mol. The molecule has 0 saturated carbocycles. The Hall–Kier alpha value is -3.21. The molecule has 3 rings (SSSR count). The Bertz CT molecular complexity index is 1320. The number of halogens is 1. The first-order valence-corrected chi connectivity index (χ1v) is 14.1. The molecule has 1 heterocycles. The Morgan fingerprint density at radius 3 is 2.50 bits per heavy atom. The number of likely N-dealkylation sites (N-methyl/N-ethyl adjacent to an activating group) is 1. The molecule has 0 atom stereocenters. The molecule has 204 valence electrons. The molecule has 1 N–H and O–H groups in total. The summed E-state index contributed by atoms with van der Waals surface area (Å²) in [6.45, 7) is 7.03. The van der Waals surface area contributed by atoms with Gasteiger partial charge in [-0.1, -0.05) is 54.1 Å². The largest absolute Gasteiger partial charge is 0.443 e. The molecule has 0 unspecified atom stereocenters. The van der Waals surface area contributed by atoms with E-state index in [4.69, 9.17) is 16.3 Å². The molecule has 1 aliphatic rings. The second kappa shape index (κ2) is 12.6. The van der Waals surface area contributed by atoms with Crippen LogP contribution in [-0.2, 0) is 25.9 Å². The predicted molar refractivity (Wildman–Crippen MR) is 148 cm³/mol. The van der Waals surface area contributed by atoms with Crippen LogP contribution in [0.15, 0.2) is 70.6 Å². The molecule has 2 aromatic carbocycles. The van der Waals surface area contributed by atoms with Crippen molar-refractivity contribution in [2.24, 2.45) is 4.99 Å². The van der Waals surface area contributed by atoms with Crippen LogP contribution in [0.1, 0.15) is 31.9 Å². The van der Waals surface area contributed by atoms with Gasteiger partial charge in [-0.25, -0.2) is 13.2 Å². The molecule has 38 heavy (non-hydrogen) atoms.